The molecule has 0 amide bonds. The van der Waals surface area contributed by atoms with Crippen molar-refractivity contribution in [3.8, 4) is 23.4 Å². The average Bonchev–Trinajstić information content (AvgIpc) is 2.89. The predicted octanol–water partition coefficient (Wildman–Crippen LogP) is 1.36. The zero-order valence-corrected chi connectivity index (χ0v) is 11.9. The summed E-state index contributed by atoms with van der Waals surface area (Å²) < 4.78 is 16.2. The molecule has 110 valence electrons. The van der Waals surface area contributed by atoms with Crippen molar-refractivity contribution in [2.75, 3.05) is 6.61 Å². The van der Waals surface area contributed by atoms with Crippen molar-refractivity contribution in [3.05, 3.63) is 41.6 Å². The van der Waals surface area contributed by atoms with Gasteiger partial charge in [-0.15, -0.1) is 0 Å². The number of nitriles is 1. The summed E-state index contributed by atoms with van der Waals surface area (Å²) in [6, 6.07) is 8.90. The first-order valence-corrected chi connectivity index (χ1v) is 6.84. The van der Waals surface area contributed by atoms with Crippen LogP contribution in [0.15, 0.2) is 30.5 Å². The quantitative estimate of drug-likeness (QED) is 0.858. The maximum absolute atomic E-state index is 9.59. The largest absolute Gasteiger partial charge is 0.492 e. The minimum atomic E-state index is -0.873. The molecule has 1 aliphatic rings. The first kappa shape index (κ1) is 14.4. The number of hydrogen-bond acceptors (Lipinski definition) is 6. The minimum Gasteiger partial charge on any atom is -0.492 e. The second kappa shape index (κ2) is 6.06. The van der Waals surface area contributed by atoms with Crippen molar-refractivity contribution in [3.63, 3.8) is 0 Å². The molecule has 0 saturated carbocycles. The molecule has 2 aromatic rings. The number of hydrogen-bond donors (Lipinski definition) is 1. The highest BCUT2D eigenvalue weighted by Crippen LogP contribution is 2.27. The summed E-state index contributed by atoms with van der Waals surface area (Å²) in [5.74, 6) is 1.35. The van der Waals surface area contributed by atoms with Gasteiger partial charge in [-0.3, -0.25) is 0 Å². The van der Waals surface area contributed by atoms with E-state index in [0.29, 0.717) is 36.2 Å². The molecule has 7 heteroatoms. The monoisotopic (exact) mass is 296 g/mol. The standard InChI is InChI=1S/C15H13BN2O4/c1-2-20-14-6-15(18-8-11(14)7-17)22-12-3-4-13-10(5-12)9-21-16(13)19/h3-6,8,19H,2,9H2,1H3. The van der Waals surface area contributed by atoms with Gasteiger partial charge in [-0.25, -0.2) is 4.98 Å². The molecule has 1 aromatic carbocycles. The van der Waals surface area contributed by atoms with Gasteiger partial charge in [-0.1, -0.05) is 6.07 Å². The Balaban J connectivity index is 1.84. The Hall–Kier alpha value is -2.56. The summed E-state index contributed by atoms with van der Waals surface area (Å²) in [4.78, 5) is 4.09. The van der Waals surface area contributed by atoms with Crippen LogP contribution in [-0.4, -0.2) is 23.7 Å². The second-order valence-corrected chi connectivity index (χ2v) is 4.69. The zero-order chi connectivity index (χ0) is 15.5. The van der Waals surface area contributed by atoms with Crippen molar-refractivity contribution >= 4 is 12.6 Å². The number of ether oxygens (including phenoxy) is 2. The van der Waals surface area contributed by atoms with Crippen LogP contribution in [0.4, 0.5) is 0 Å². The molecule has 22 heavy (non-hydrogen) atoms. The van der Waals surface area contributed by atoms with Gasteiger partial charge in [-0.05, 0) is 30.1 Å². The van der Waals surface area contributed by atoms with E-state index in [1.165, 1.54) is 6.20 Å². The molecule has 0 fully saturated rings. The molecule has 0 spiro atoms. The lowest BCUT2D eigenvalue weighted by Gasteiger charge is -2.09. The molecule has 3 rings (SSSR count). The normalized spacial score (nSPS) is 12.7. The number of aromatic nitrogens is 1. The topological polar surface area (TPSA) is 84.6 Å². The first-order chi connectivity index (χ1) is 10.7. The molecule has 2 heterocycles. The highest BCUT2D eigenvalue weighted by atomic mass is 16.5. The number of pyridine rings is 1. The van der Waals surface area contributed by atoms with Crippen molar-refractivity contribution in [2.24, 2.45) is 0 Å². The van der Waals surface area contributed by atoms with Crippen LogP contribution in [0.1, 0.15) is 18.1 Å². The summed E-state index contributed by atoms with van der Waals surface area (Å²) in [6.45, 7) is 2.64. The van der Waals surface area contributed by atoms with E-state index in [9.17, 15) is 5.02 Å². The summed E-state index contributed by atoms with van der Waals surface area (Å²) in [6.07, 6.45) is 1.42. The van der Waals surface area contributed by atoms with Crippen molar-refractivity contribution in [2.45, 2.75) is 13.5 Å². The fraction of sp³-hybridized carbons (Fsp3) is 0.200. The van der Waals surface area contributed by atoms with Gasteiger partial charge < -0.3 is 19.2 Å². The van der Waals surface area contributed by atoms with Gasteiger partial charge in [0, 0.05) is 6.07 Å². The van der Waals surface area contributed by atoms with Crippen LogP contribution in [0.3, 0.4) is 0 Å². The molecule has 1 N–H and O–H groups in total. The van der Waals surface area contributed by atoms with E-state index >= 15 is 0 Å². The molecule has 0 atom stereocenters. The van der Waals surface area contributed by atoms with E-state index in [0.717, 1.165) is 11.0 Å². The van der Waals surface area contributed by atoms with Crippen LogP contribution in [0.2, 0.25) is 0 Å². The van der Waals surface area contributed by atoms with E-state index in [2.05, 4.69) is 4.98 Å². The molecule has 0 radical (unpaired) electrons. The molecule has 6 nitrogen and oxygen atoms in total. The SMILES string of the molecule is CCOc1cc(Oc2ccc3c(c2)COB3O)ncc1C#N. The lowest BCUT2D eigenvalue weighted by Crippen LogP contribution is -2.27. The van der Waals surface area contributed by atoms with Gasteiger partial charge in [0.1, 0.15) is 23.1 Å². The summed E-state index contributed by atoms with van der Waals surface area (Å²) >= 11 is 0. The fourth-order valence-corrected chi connectivity index (χ4v) is 2.22. The van der Waals surface area contributed by atoms with E-state index < -0.39 is 7.12 Å². The molecule has 0 saturated heterocycles. The lowest BCUT2D eigenvalue weighted by atomic mass is 9.80. The van der Waals surface area contributed by atoms with E-state index in [1.807, 2.05) is 13.0 Å². The molecule has 0 aliphatic carbocycles. The Morgan fingerprint density at radius 1 is 1.45 bits per heavy atom. The van der Waals surface area contributed by atoms with Gasteiger partial charge in [0.2, 0.25) is 5.88 Å². The highest BCUT2D eigenvalue weighted by molar-refractivity contribution is 6.61. The van der Waals surface area contributed by atoms with E-state index in [1.54, 1.807) is 24.3 Å². The predicted molar refractivity (Wildman–Crippen MR) is 79.0 cm³/mol. The number of rotatable bonds is 4. The van der Waals surface area contributed by atoms with Gasteiger partial charge in [-0.2, -0.15) is 5.26 Å². The maximum atomic E-state index is 9.59. The number of nitrogens with zero attached hydrogens (tertiary/aromatic N) is 2. The van der Waals surface area contributed by atoms with Gasteiger partial charge in [0.05, 0.1) is 19.4 Å². The summed E-state index contributed by atoms with van der Waals surface area (Å²) in [5.41, 5.74) is 1.98. The Labute approximate surface area is 128 Å². The molecule has 0 unspecified atom stereocenters. The van der Waals surface area contributed by atoms with Crippen LogP contribution in [0.25, 0.3) is 0 Å². The summed E-state index contributed by atoms with van der Waals surface area (Å²) in [5, 5.41) is 18.6. The average molecular weight is 296 g/mol. The molecule has 1 aromatic heterocycles. The number of benzene rings is 1. The van der Waals surface area contributed by atoms with Gasteiger partial charge in [0.15, 0.2) is 0 Å². The first-order valence-electron chi connectivity index (χ1n) is 6.84. The lowest BCUT2D eigenvalue weighted by molar-refractivity contribution is 0.275. The van der Waals surface area contributed by atoms with Crippen molar-refractivity contribution in [1.29, 1.82) is 5.26 Å². The van der Waals surface area contributed by atoms with Crippen molar-refractivity contribution in [1.82, 2.24) is 4.98 Å². The number of fused-ring (bicyclic) bond motifs is 1. The third-order valence-electron chi connectivity index (χ3n) is 3.26. The molecular formula is C15H13BN2O4. The third-order valence-corrected chi connectivity index (χ3v) is 3.26. The summed E-state index contributed by atoms with van der Waals surface area (Å²) in [7, 11) is -0.873. The van der Waals surface area contributed by atoms with Crippen molar-refractivity contribution < 1.29 is 19.2 Å². The van der Waals surface area contributed by atoms with Crippen LogP contribution < -0.4 is 14.9 Å². The minimum absolute atomic E-state index is 0.335. The highest BCUT2D eigenvalue weighted by Gasteiger charge is 2.27. The third kappa shape index (κ3) is 2.75. The van der Waals surface area contributed by atoms with E-state index in [4.69, 9.17) is 19.4 Å². The Bertz CT molecular complexity index is 745. The fourth-order valence-electron chi connectivity index (χ4n) is 2.22. The maximum Gasteiger partial charge on any atom is 0.491 e. The van der Waals surface area contributed by atoms with Crippen LogP contribution >= 0.6 is 0 Å². The van der Waals surface area contributed by atoms with Gasteiger partial charge >= 0.3 is 7.12 Å². The smallest absolute Gasteiger partial charge is 0.491 e. The molecule has 1 aliphatic heterocycles. The zero-order valence-electron chi connectivity index (χ0n) is 11.9. The molecular weight excluding hydrogens is 283 g/mol. The van der Waals surface area contributed by atoms with Crippen LogP contribution in [0.5, 0.6) is 17.4 Å². The second-order valence-electron chi connectivity index (χ2n) is 4.69. The van der Waals surface area contributed by atoms with Gasteiger partial charge in [0.25, 0.3) is 0 Å². The van der Waals surface area contributed by atoms with Crippen LogP contribution in [-0.2, 0) is 11.3 Å². The Morgan fingerprint density at radius 3 is 3.09 bits per heavy atom. The van der Waals surface area contributed by atoms with E-state index in [-0.39, 0.29) is 0 Å². The Morgan fingerprint density at radius 2 is 2.32 bits per heavy atom. The van der Waals surface area contributed by atoms with Crippen LogP contribution in [0, 0.1) is 11.3 Å². The molecule has 0 bridgehead atoms. The Kier molecular flexibility index (Phi) is 3.96.